The Morgan fingerprint density at radius 1 is 1.10 bits per heavy atom. The van der Waals surface area contributed by atoms with Crippen molar-refractivity contribution in [2.24, 2.45) is 11.8 Å². The predicted molar refractivity (Wildman–Crippen MR) is 124 cm³/mol. The fraction of sp³-hybridized carbons (Fsp3) is 0.522. The molecule has 2 fully saturated rings. The number of likely N-dealkylation sites (tertiary alicyclic amines) is 1. The van der Waals surface area contributed by atoms with Crippen LogP contribution in [0.15, 0.2) is 41.0 Å². The quantitative estimate of drug-likeness (QED) is 0.761. The zero-order valence-electron chi connectivity index (χ0n) is 17.4. The van der Waals surface area contributed by atoms with E-state index in [1.807, 2.05) is 11.0 Å². The number of anilines is 1. The van der Waals surface area contributed by atoms with Gasteiger partial charge in [-0.1, -0.05) is 18.2 Å². The van der Waals surface area contributed by atoms with Gasteiger partial charge in [-0.2, -0.15) is 0 Å². The number of hydrogen-bond acceptors (Lipinski definition) is 4. The van der Waals surface area contributed by atoms with Crippen LogP contribution in [0.2, 0.25) is 0 Å². The van der Waals surface area contributed by atoms with Gasteiger partial charge in [0.25, 0.3) is 5.91 Å². The number of nitrogens with zero attached hydrogens (tertiary/aromatic N) is 2. The average molecular weight is 452 g/mol. The summed E-state index contributed by atoms with van der Waals surface area (Å²) in [5.74, 6) is 2.38. The second-order valence-corrected chi connectivity index (χ2v) is 8.62. The third kappa shape index (κ3) is 4.20. The van der Waals surface area contributed by atoms with E-state index in [2.05, 4.69) is 41.4 Å². The van der Waals surface area contributed by atoms with Gasteiger partial charge in [0.15, 0.2) is 0 Å². The van der Waals surface area contributed by atoms with Crippen LogP contribution in [0.25, 0.3) is 0 Å². The van der Waals surface area contributed by atoms with E-state index in [0.29, 0.717) is 12.6 Å². The molecule has 0 spiro atoms. The van der Waals surface area contributed by atoms with Gasteiger partial charge >= 0.3 is 0 Å². The lowest BCUT2D eigenvalue weighted by molar-refractivity contribution is 0.0756. The van der Waals surface area contributed by atoms with Crippen molar-refractivity contribution in [3.63, 3.8) is 0 Å². The molecule has 0 aliphatic carbocycles. The number of amides is 1. The molecule has 0 bridgehead atoms. The molecule has 2 saturated heterocycles. The summed E-state index contributed by atoms with van der Waals surface area (Å²) < 4.78 is 5.81. The highest BCUT2D eigenvalue weighted by Crippen LogP contribution is 2.34. The molecule has 2 aromatic rings. The van der Waals surface area contributed by atoms with E-state index >= 15 is 0 Å². The summed E-state index contributed by atoms with van der Waals surface area (Å²) >= 11 is 0. The Kier molecular flexibility index (Phi) is 7.38. The molecule has 4 heterocycles. The van der Waals surface area contributed by atoms with E-state index in [0.717, 1.165) is 68.6 Å². The Bertz CT molecular complexity index is 858. The second-order valence-electron chi connectivity index (χ2n) is 8.62. The van der Waals surface area contributed by atoms with Crippen LogP contribution in [0.5, 0.6) is 0 Å². The van der Waals surface area contributed by atoms with Gasteiger partial charge in [0, 0.05) is 24.8 Å². The first kappa shape index (κ1) is 23.0. The molecule has 30 heavy (non-hydrogen) atoms. The van der Waals surface area contributed by atoms with E-state index in [9.17, 15) is 4.79 Å². The molecule has 5 nitrogen and oxygen atoms in total. The summed E-state index contributed by atoms with van der Waals surface area (Å²) in [6.07, 6.45) is 4.93. The molecule has 3 aliphatic rings. The fourth-order valence-electron chi connectivity index (χ4n) is 5.27. The lowest BCUT2D eigenvalue weighted by atomic mass is 9.92. The molecule has 3 aliphatic heterocycles. The maximum atomic E-state index is 13.3. The van der Waals surface area contributed by atoms with Crippen molar-refractivity contribution in [2.45, 2.75) is 38.8 Å². The van der Waals surface area contributed by atoms with E-state index in [4.69, 9.17) is 4.42 Å². The van der Waals surface area contributed by atoms with Crippen molar-refractivity contribution in [3.05, 3.63) is 53.5 Å². The van der Waals surface area contributed by atoms with E-state index in [1.54, 1.807) is 6.26 Å². The first-order valence-corrected chi connectivity index (χ1v) is 10.6. The third-order valence-electron chi connectivity index (χ3n) is 6.94. The standard InChI is InChI=1S/C23H29N3O2.2ClH/c1-16-12-17-4-2-3-5-21(17)26(16)15-22-20(8-11-28-22)23(27)25-9-6-18-13-24-14-19(18)7-10-25;;/h2-5,8,11,16,18-19,24H,6-7,9-10,12-15H2,1H3;2*1H/t16?,18-,19+;;. The monoisotopic (exact) mass is 451 g/mol. The largest absolute Gasteiger partial charge is 0.467 e. The van der Waals surface area contributed by atoms with Crippen LogP contribution >= 0.6 is 24.8 Å². The zero-order valence-corrected chi connectivity index (χ0v) is 19.0. The molecular formula is C23H31Cl2N3O2. The van der Waals surface area contributed by atoms with Gasteiger partial charge in [-0.05, 0) is 68.8 Å². The summed E-state index contributed by atoms with van der Waals surface area (Å²) in [6.45, 7) is 6.82. The van der Waals surface area contributed by atoms with E-state index in [-0.39, 0.29) is 30.7 Å². The van der Waals surface area contributed by atoms with Crippen molar-refractivity contribution in [1.29, 1.82) is 0 Å². The highest BCUT2D eigenvalue weighted by molar-refractivity contribution is 5.95. The SMILES string of the molecule is CC1Cc2ccccc2N1Cc1occc1C(=O)N1CC[C@@H]2CNC[C@@H]2CC1.Cl.Cl. The molecule has 1 aromatic heterocycles. The topological polar surface area (TPSA) is 48.7 Å². The van der Waals surface area contributed by atoms with Gasteiger partial charge in [0.2, 0.25) is 0 Å². The summed E-state index contributed by atoms with van der Waals surface area (Å²) in [5.41, 5.74) is 3.38. The maximum Gasteiger partial charge on any atom is 0.257 e. The maximum absolute atomic E-state index is 13.3. The van der Waals surface area contributed by atoms with Crippen molar-refractivity contribution in [3.8, 4) is 0 Å². The molecule has 164 valence electrons. The minimum Gasteiger partial charge on any atom is -0.467 e. The minimum atomic E-state index is 0. The Morgan fingerprint density at radius 2 is 1.80 bits per heavy atom. The highest BCUT2D eigenvalue weighted by atomic mass is 35.5. The minimum absolute atomic E-state index is 0. The van der Waals surface area contributed by atoms with Crippen molar-refractivity contribution >= 4 is 36.4 Å². The molecule has 5 rings (SSSR count). The Morgan fingerprint density at radius 3 is 2.53 bits per heavy atom. The van der Waals surface area contributed by atoms with E-state index in [1.165, 1.54) is 11.3 Å². The number of hydrogen-bond donors (Lipinski definition) is 1. The van der Waals surface area contributed by atoms with Gasteiger partial charge in [-0.3, -0.25) is 4.79 Å². The molecule has 1 N–H and O–H groups in total. The molecule has 0 saturated carbocycles. The number of furan rings is 1. The lowest BCUT2D eigenvalue weighted by Crippen LogP contribution is -2.34. The van der Waals surface area contributed by atoms with Crippen LogP contribution in [0.1, 0.15) is 41.4 Å². The number of carbonyl (C=O) groups is 1. The first-order chi connectivity index (χ1) is 13.7. The smallest absolute Gasteiger partial charge is 0.257 e. The molecule has 0 radical (unpaired) electrons. The number of rotatable bonds is 3. The van der Waals surface area contributed by atoms with Crippen LogP contribution in [0.4, 0.5) is 5.69 Å². The Hall–Kier alpha value is -1.69. The van der Waals surface area contributed by atoms with Crippen molar-refractivity contribution in [2.75, 3.05) is 31.1 Å². The lowest BCUT2D eigenvalue weighted by Gasteiger charge is -2.25. The molecular weight excluding hydrogens is 421 g/mol. The normalized spacial score (nSPS) is 25.0. The van der Waals surface area contributed by atoms with Crippen molar-refractivity contribution in [1.82, 2.24) is 10.2 Å². The molecule has 1 unspecified atom stereocenters. The summed E-state index contributed by atoms with van der Waals surface area (Å²) in [7, 11) is 0. The number of fused-ring (bicyclic) bond motifs is 2. The summed E-state index contributed by atoms with van der Waals surface area (Å²) in [6, 6.07) is 10.8. The van der Waals surface area contributed by atoms with Gasteiger partial charge in [0.05, 0.1) is 18.4 Å². The van der Waals surface area contributed by atoms with Gasteiger partial charge in [0.1, 0.15) is 5.76 Å². The molecule has 7 heteroatoms. The first-order valence-electron chi connectivity index (χ1n) is 10.6. The van der Waals surface area contributed by atoms with Gasteiger partial charge in [-0.25, -0.2) is 0 Å². The predicted octanol–water partition coefficient (Wildman–Crippen LogP) is 4.15. The number of para-hydroxylation sites is 1. The van der Waals surface area contributed by atoms with Gasteiger partial charge < -0.3 is 19.5 Å². The van der Waals surface area contributed by atoms with Crippen LogP contribution < -0.4 is 10.2 Å². The number of nitrogens with one attached hydrogen (secondary N) is 1. The van der Waals surface area contributed by atoms with Crippen LogP contribution in [-0.4, -0.2) is 43.0 Å². The van der Waals surface area contributed by atoms with Crippen LogP contribution in [0.3, 0.4) is 0 Å². The zero-order chi connectivity index (χ0) is 19.1. The fourth-order valence-corrected chi connectivity index (χ4v) is 5.27. The molecule has 1 aromatic carbocycles. The molecule has 1 amide bonds. The Labute approximate surface area is 191 Å². The van der Waals surface area contributed by atoms with E-state index < -0.39 is 0 Å². The highest BCUT2D eigenvalue weighted by Gasteiger charge is 2.33. The Balaban J connectivity index is 0.00000128. The summed E-state index contributed by atoms with van der Waals surface area (Å²) in [4.78, 5) is 17.7. The number of carbonyl (C=O) groups excluding carboxylic acids is 1. The van der Waals surface area contributed by atoms with Crippen LogP contribution in [-0.2, 0) is 13.0 Å². The van der Waals surface area contributed by atoms with Crippen LogP contribution in [0, 0.1) is 11.8 Å². The second kappa shape index (κ2) is 9.63. The number of halogens is 2. The average Bonchev–Trinajstić information content (AvgIpc) is 3.39. The third-order valence-corrected chi connectivity index (χ3v) is 6.94. The summed E-state index contributed by atoms with van der Waals surface area (Å²) in [5, 5.41) is 3.50. The van der Waals surface area contributed by atoms with Gasteiger partial charge in [-0.15, -0.1) is 24.8 Å². The van der Waals surface area contributed by atoms with Crippen molar-refractivity contribution < 1.29 is 9.21 Å². The molecule has 3 atom stereocenters. The number of benzene rings is 1.